The van der Waals surface area contributed by atoms with E-state index in [2.05, 4.69) is 0 Å². The molecule has 0 fully saturated rings. The minimum absolute atomic E-state index is 0.121. The number of amides is 1. The Morgan fingerprint density at radius 3 is 2.75 bits per heavy atom. The van der Waals surface area contributed by atoms with E-state index in [-0.39, 0.29) is 25.9 Å². The van der Waals surface area contributed by atoms with Crippen molar-refractivity contribution in [3.63, 3.8) is 0 Å². The first-order valence-corrected chi connectivity index (χ1v) is 6.25. The van der Waals surface area contributed by atoms with Gasteiger partial charge in [-0.1, -0.05) is 0 Å². The molecule has 1 aromatic rings. The number of methoxy groups -OCH3 is 1. The molecular weight excluding hydrogens is 264 g/mol. The predicted molar refractivity (Wildman–Crippen MR) is 71.8 cm³/mol. The molecule has 0 aliphatic carbocycles. The average Bonchev–Trinajstić information content (AvgIpc) is 2.88. The van der Waals surface area contributed by atoms with Crippen LogP contribution >= 0.6 is 0 Å². The summed E-state index contributed by atoms with van der Waals surface area (Å²) in [6.07, 6.45) is 0. The van der Waals surface area contributed by atoms with E-state index >= 15 is 0 Å². The van der Waals surface area contributed by atoms with Gasteiger partial charge in [-0.15, -0.1) is 0 Å². The molecule has 0 spiro atoms. The Morgan fingerprint density at radius 2 is 2.10 bits per heavy atom. The van der Waals surface area contributed by atoms with E-state index in [1.807, 2.05) is 0 Å². The Morgan fingerprint density at radius 1 is 1.40 bits per heavy atom. The van der Waals surface area contributed by atoms with Gasteiger partial charge in [0.15, 0.2) is 11.5 Å². The molecule has 2 rings (SSSR count). The van der Waals surface area contributed by atoms with Gasteiger partial charge in [0, 0.05) is 32.0 Å². The van der Waals surface area contributed by atoms with Gasteiger partial charge in [-0.2, -0.15) is 0 Å². The number of carbonyl (C=O) groups is 1. The summed E-state index contributed by atoms with van der Waals surface area (Å²) in [5.41, 5.74) is 6.53. The van der Waals surface area contributed by atoms with Gasteiger partial charge in [-0.05, 0) is 6.07 Å². The lowest BCUT2D eigenvalue weighted by atomic mass is 10.1. The fraction of sp³-hybridized carbons (Fsp3) is 0.462. The molecule has 0 atom stereocenters. The summed E-state index contributed by atoms with van der Waals surface area (Å²) in [6.45, 7) is 0.979. The lowest BCUT2D eigenvalue weighted by Crippen LogP contribution is -2.36. The molecule has 110 valence electrons. The third-order valence-electron chi connectivity index (χ3n) is 3.00. The molecule has 1 aromatic carbocycles. The largest absolute Gasteiger partial charge is 0.454 e. The maximum absolute atomic E-state index is 12.4. The van der Waals surface area contributed by atoms with Crippen molar-refractivity contribution in [3.8, 4) is 11.5 Å². The number of rotatable bonds is 6. The van der Waals surface area contributed by atoms with E-state index in [9.17, 15) is 4.79 Å². The molecule has 1 heterocycles. The second kappa shape index (κ2) is 6.44. The fourth-order valence-corrected chi connectivity index (χ4v) is 1.95. The van der Waals surface area contributed by atoms with Gasteiger partial charge in [0.2, 0.25) is 6.79 Å². The molecule has 20 heavy (non-hydrogen) atoms. The number of aliphatic hydroxyl groups excluding tert-OH is 1. The number of carbonyl (C=O) groups excluding carboxylic acids is 1. The first-order valence-electron chi connectivity index (χ1n) is 6.25. The van der Waals surface area contributed by atoms with Gasteiger partial charge >= 0.3 is 0 Å². The number of hydrogen-bond acceptors (Lipinski definition) is 6. The Hall–Kier alpha value is -1.99. The van der Waals surface area contributed by atoms with Crippen LogP contribution in [-0.4, -0.2) is 56.1 Å². The van der Waals surface area contributed by atoms with Crippen LogP contribution in [0.15, 0.2) is 12.1 Å². The zero-order valence-electron chi connectivity index (χ0n) is 11.3. The van der Waals surface area contributed by atoms with Crippen molar-refractivity contribution in [1.29, 1.82) is 0 Å². The van der Waals surface area contributed by atoms with Crippen molar-refractivity contribution >= 4 is 11.6 Å². The monoisotopic (exact) mass is 282 g/mol. The molecule has 1 aliphatic rings. The number of anilines is 1. The highest BCUT2D eigenvalue weighted by atomic mass is 16.7. The summed E-state index contributed by atoms with van der Waals surface area (Å²) in [7, 11) is 1.55. The molecule has 7 heteroatoms. The van der Waals surface area contributed by atoms with Crippen LogP contribution in [0.3, 0.4) is 0 Å². The SMILES string of the molecule is COCCN(CCO)C(=O)c1cc2c(cc1N)OCO2. The maximum atomic E-state index is 12.4. The van der Waals surface area contributed by atoms with E-state index in [1.54, 1.807) is 19.2 Å². The van der Waals surface area contributed by atoms with Gasteiger partial charge in [0.25, 0.3) is 5.91 Å². The van der Waals surface area contributed by atoms with Crippen molar-refractivity contribution in [1.82, 2.24) is 4.90 Å². The second-order valence-corrected chi connectivity index (χ2v) is 4.30. The molecule has 0 saturated carbocycles. The number of nitrogens with zero attached hydrogens (tertiary/aromatic N) is 1. The molecule has 3 N–H and O–H groups in total. The summed E-state index contributed by atoms with van der Waals surface area (Å²) < 4.78 is 15.4. The number of nitrogens with two attached hydrogens (primary N) is 1. The van der Waals surface area contributed by atoms with Crippen molar-refractivity contribution < 1.29 is 24.1 Å². The Balaban J connectivity index is 2.22. The van der Waals surface area contributed by atoms with E-state index in [0.717, 1.165) is 0 Å². The topological polar surface area (TPSA) is 94.3 Å². The second-order valence-electron chi connectivity index (χ2n) is 4.30. The van der Waals surface area contributed by atoms with Gasteiger partial charge in [0.1, 0.15) is 0 Å². The summed E-state index contributed by atoms with van der Waals surface area (Å²) >= 11 is 0. The van der Waals surface area contributed by atoms with E-state index in [4.69, 9.17) is 25.1 Å². The van der Waals surface area contributed by atoms with Crippen LogP contribution in [0.1, 0.15) is 10.4 Å². The molecule has 0 aromatic heterocycles. The smallest absolute Gasteiger partial charge is 0.256 e. The standard InChI is InChI=1S/C13H18N2O5/c1-18-5-3-15(2-4-16)13(17)9-6-11-12(7-10(9)14)20-8-19-11/h6-7,16H,2-5,8,14H2,1H3. The molecular formula is C13H18N2O5. The quantitative estimate of drug-likeness (QED) is 0.718. The van der Waals surface area contributed by atoms with Crippen LogP contribution in [0, 0.1) is 0 Å². The van der Waals surface area contributed by atoms with E-state index in [0.29, 0.717) is 35.9 Å². The van der Waals surface area contributed by atoms with Crippen LogP contribution in [0.4, 0.5) is 5.69 Å². The Bertz CT molecular complexity index is 492. The van der Waals surface area contributed by atoms with Crippen molar-refractivity contribution in [2.24, 2.45) is 0 Å². The van der Waals surface area contributed by atoms with Gasteiger partial charge in [-0.3, -0.25) is 4.79 Å². The number of fused-ring (bicyclic) bond motifs is 1. The Kier molecular flexibility index (Phi) is 4.65. The summed E-state index contributed by atoms with van der Waals surface area (Å²) in [5.74, 6) is 0.759. The minimum atomic E-state index is -0.271. The average molecular weight is 282 g/mol. The Labute approximate surface area is 116 Å². The first kappa shape index (κ1) is 14.4. The third-order valence-corrected chi connectivity index (χ3v) is 3.00. The predicted octanol–water partition coefficient (Wildman–Crippen LogP) is 0.0784. The third kappa shape index (κ3) is 2.94. The normalized spacial score (nSPS) is 12.5. The lowest BCUT2D eigenvalue weighted by Gasteiger charge is -2.22. The molecule has 0 unspecified atom stereocenters. The van der Waals surface area contributed by atoms with Gasteiger partial charge in [-0.25, -0.2) is 0 Å². The molecule has 1 amide bonds. The zero-order valence-corrected chi connectivity index (χ0v) is 11.3. The van der Waals surface area contributed by atoms with E-state index in [1.165, 1.54) is 4.90 Å². The number of hydrogen-bond donors (Lipinski definition) is 2. The number of aliphatic hydroxyl groups is 1. The summed E-state index contributed by atoms with van der Waals surface area (Å²) in [4.78, 5) is 13.9. The summed E-state index contributed by atoms with van der Waals surface area (Å²) in [5, 5.41) is 9.05. The summed E-state index contributed by atoms with van der Waals surface area (Å²) in [6, 6.07) is 3.14. The molecule has 0 radical (unpaired) electrons. The number of nitrogen functional groups attached to an aromatic ring is 1. The van der Waals surface area contributed by atoms with Crippen LogP contribution < -0.4 is 15.2 Å². The molecule has 0 saturated heterocycles. The lowest BCUT2D eigenvalue weighted by molar-refractivity contribution is 0.0657. The van der Waals surface area contributed by atoms with Crippen molar-refractivity contribution in [2.75, 3.05) is 45.9 Å². The highest BCUT2D eigenvalue weighted by Crippen LogP contribution is 2.36. The minimum Gasteiger partial charge on any atom is -0.454 e. The van der Waals surface area contributed by atoms with Crippen molar-refractivity contribution in [3.05, 3.63) is 17.7 Å². The zero-order chi connectivity index (χ0) is 14.5. The van der Waals surface area contributed by atoms with Crippen LogP contribution in [0.2, 0.25) is 0 Å². The first-order chi connectivity index (χ1) is 9.67. The molecule has 7 nitrogen and oxygen atoms in total. The number of ether oxygens (including phenoxy) is 3. The maximum Gasteiger partial charge on any atom is 0.256 e. The van der Waals surface area contributed by atoms with Gasteiger partial charge < -0.3 is 30.0 Å². The highest BCUT2D eigenvalue weighted by Gasteiger charge is 2.23. The van der Waals surface area contributed by atoms with Crippen molar-refractivity contribution in [2.45, 2.75) is 0 Å². The molecule has 0 bridgehead atoms. The highest BCUT2D eigenvalue weighted by molar-refractivity contribution is 6.00. The van der Waals surface area contributed by atoms with Gasteiger partial charge in [0.05, 0.1) is 18.8 Å². The van der Waals surface area contributed by atoms with Crippen LogP contribution in [-0.2, 0) is 4.74 Å². The van der Waals surface area contributed by atoms with E-state index < -0.39 is 0 Å². The number of benzene rings is 1. The van der Waals surface area contributed by atoms with Crippen LogP contribution in [0.5, 0.6) is 11.5 Å². The van der Waals surface area contributed by atoms with Crippen LogP contribution in [0.25, 0.3) is 0 Å². The fourth-order valence-electron chi connectivity index (χ4n) is 1.95. The molecule has 1 aliphatic heterocycles.